The maximum absolute atomic E-state index is 11.9. The number of ether oxygens (including phenoxy) is 1. The van der Waals surface area contributed by atoms with Crippen LogP contribution >= 0.6 is 0 Å². The molecular weight excluding hydrogens is 330 g/mol. The number of nitrogens with zero attached hydrogens (tertiary/aromatic N) is 4. The topological polar surface area (TPSA) is 81.4 Å². The molecule has 0 atom stereocenters. The van der Waals surface area contributed by atoms with Crippen LogP contribution in [0.25, 0.3) is 16.6 Å². The average molecular weight is 347 g/mol. The van der Waals surface area contributed by atoms with E-state index in [0.29, 0.717) is 11.5 Å². The van der Waals surface area contributed by atoms with Gasteiger partial charge in [-0.05, 0) is 50.2 Å². The molecule has 0 unspecified atom stereocenters. The van der Waals surface area contributed by atoms with Gasteiger partial charge in [0, 0.05) is 11.1 Å². The van der Waals surface area contributed by atoms with Gasteiger partial charge in [-0.1, -0.05) is 12.1 Å². The number of para-hydroxylation sites is 1. The predicted molar refractivity (Wildman–Crippen MR) is 98.6 cm³/mol. The van der Waals surface area contributed by atoms with E-state index in [9.17, 15) is 4.79 Å². The first-order valence-electron chi connectivity index (χ1n) is 8.28. The summed E-state index contributed by atoms with van der Waals surface area (Å²) in [5, 5.41) is 12.4. The molecule has 0 amide bonds. The molecule has 1 N–H and O–H groups in total. The largest absolute Gasteiger partial charge is 0.459 e. The van der Waals surface area contributed by atoms with E-state index in [1.807, 2.05) is 50.2 Å². The standard InChI is InChI=1S/C19H17N5O2/c1-12(2)26-18(25)13-7-9-14(10-8-13)21-19-22-16-6-4-3-5-15(16)17-23-20-11-24(17)19/h3-12H,1-2H3,(H,21,22). The highest BCUT2D eigenvalue weighted by Gasteiger charge is 2.11. The Morgan fingerprint density at radius 3 is 2.65 bits per heavy atom. The summed E-state index contributed by atoms with van der Waals surface area (Å²) < 4.78 is 6.99. The Hall–Kier alpha value is -3.48. The van der Waals surface area contributed by atoms with Crippen molar-refractivity contribution >= 4 is 34.2 Å². The van der Waals surface area contributed by atoms with Crippen molar-refractivity contribution in [1.82, 2.24) is 19.6 Å². The van der Waals surface area contributed by atoms with Crippen LogP contribution in [0, 0.1) is 0 Å². The molecule has 0 radical (unpaired) electrons. The lowest BCUT2D eigenvalue weighted by molar-refractivity contribution is 0.0378. The van der Waals surface area contributed by atoms with Gasteiger partial charge in [0.2, 0.25) is 5.95 Å². The highest BCUT2D eigenvalue weighted by Crippen LogP contribution is 2.22. The Bertz CT molecular complexity index is 1090. The van der Waals surface area contributed by atoms with Gasteiger partial charge in [0.1, 0.15) is 6.33 Å². The summed E-state index contributed by atoms with van der Waals surface area (Å²) in [5.74, 6) is 0.262. The molecule has 7 nitrogen and oxygen atoms in total. The lowest BCUT2D eigenvalue weighted by atomic mass is 10.2. The minimum absolute atomic E-state index is 0.149. The predicted octanol–water partition coefficient (Wildman–Crippen LogP) is 3.59. The number of benzene rings is 2. The number of rotatable bonds is 4. The summed E-state index contributed by atoms with van der Waals surface area (Å²) in [6, 6.07) is 14.8. The number of nitrogens with one attached hydrogen (secondary N) is 1. The van der Waals surface area contributed by atoms with Crippen LogP contribution in [0.15, 0.2) is 54.9 Å². The average Bonchev–Trinajstić information content (AvgIpc) is 3.12. The van der Waals surface area contributed by atoms with Gasteiger partial charge < -0.3 is 10.1 Å². The number of carbonyl (C=O) groups is 1. The minimum Gasteiger partial charge on any atom is -0.459 e. The zero-order valence-electron chi connectivity index (χ0n) is 14.4. The summed E-state index contributed by atoms with van der Waals surface area (Å²) in [5.41, 5.74) is 2.86. The molecule has 0 aliphatic heterocycles. The van der Waals surface area contributed by atoms with Crippen LogP contribution < -0.4 is 5.32 Å². The summed E-state index contributed by atoms with van der Waals surface area (Å²) >= 11 is 0. The van der Waals surface area contributed by atoms with Gasteiger partial charge in [-0.3, -0.25) is 4.40 Å². The Balaban J connectivity index is 1.66. The Morgan fingerprint density at radius 2 is 1.88 bits per heavy atom. The van der Waals surface area contributed by atoms with Gasteiger partial charge in [-0.25, -0.2) is 9.78 Å². The molecule has 0 fully saturated rings. The SMILES string of the molecule is CC(C)OC(=O)c1ccc(Nc2nc3ccccc3c3nncn23)cc1. The molecule has 0 aliphatic rings. The fourth-order valence-corrected chi connectivity index (χ4v) is 2.69. The Kier molecular flexibility index (Phi) is 3.96. The molecule has 0 bridgehead atoms. The van der Waals surface area contributed by atoms with Gasteiger partial charge in [0.25, 0.3) is 0 Å². The Morgan fingerprint density at radius 1 is 1.12 bits per heavy atom. The van der Waals surface area contributed by atoms with E-state index in [4.69, 9.17) is 4.74 Å². The van der Waals surface area contributed by atoms with Crippen molar-refractivity contribution in [3.8, 4) is 0 Å². The van der Waals surface area contributed by atoms with Crippen LogP contribution in [0.4, 0.5) is 11.6 Å². The third-order valence-electron chi connectivity index (χ3n) is 3.87. The second-order valence-corrected chi connectivity index (χ2v) is 6.13. The van der Waals surface area contributed by atoms with Crippen LogP contribution in [-0.2, 0) is 4.74 Å². The van der Waals surface area contributed by atoms with E-state index in [1.165, 1.54) is 0 Å². The van der Waals surface area contributed by atoms with E-state index in [2.05, 4.69) is 20.5 Å². The number of anilines is 2. The summed E-state index contributed by atoms with van der Waals surface area (Å²) in [4.78, 5) is 16.6. The number of carbonyl (C=O) groups excluding carboxylic acids is 1. The molecule has 0 aliphatic carbocycles. The van der Waals surface area contributed by atoms with Gasteiger partial charge in [0.05, 0.1) is 17.2 Å². The lowest BCUT2D eigenvalue weighted by Gasteiger charge is -2.11. The zero-order chi connectivity index (χ0) is 18.1. The molecule has 2 aromatic carbocycles. The van der Waals surface area contributed by atoms with Gasteiger partial charge >= 0.3 is 5.97 Å². The second kappa shape index (κ2) is 6.44. The van der Waals surface area contributed by atoms with Crippen molar-refractivity contribution in [2.75, 3.05) is 5.32 Å². The van der Waals surface area contributed by atoms with Crippen LogP contribution in [0.3, 0.4) is 0 Å². The van der Waals surface area contributed by atoms with E-state index in [-0.39, 0.29) is 12.1 Å². The summed E-state index contributed by atoms with van der Waals surface area (Å²) in [6.45, 7) is 3.65. The van der Waals surface area contributed by atoms with E-state index < -0.39 is 0 Å². The van der Waals surface area contributed by atoms with Crippen molar-refractivity contribution in [1.29, 1.82) is 0 Å². The summed E-state index contributed by atoms with van der Waals surface area (Å²) in [6.07, 6.45) is 1.47. The van der Waals surface area contributed by atoms with E-state index in [1.54, 1.807) is 22.9 Å². The van der Waals surface area contributed by atoms with Gasteiger partial charge in [-0.15, -0.1) is 10.2 Å². The molecular formula is C19H17N5O2. The van der Waals surface area contributed by atoms with Crippen molar-refractivity contribution in [2.24, 2.45) is 0 Å². The number of hydrogen-bond acceptors (Lipinski definition) is 6. The molecule has 7 heteroatoms. The maximum Gasteiger partial charge on any atom is 0.338 e. The van der Waals surface area contributed by atoms with Crippen molar-refractivity contribution < 1.29 is 9.53 Å². The highest BCUT2D eigenvalue weighted by molar-refractivity contribution is 5.92. The molecule has 2 aromatic heterocycles. The van der Waals surface area contributed by atoms with E-state index in [0.717, 1.165) is 22.2 Å². The second-order valence-electron chi connectivity index (χ2n) is 6.13. The highest BCUT2D eigenvalue weighted by atomic mass is 16.5. The molecule has 0 saturated carbocycles. The molecule has 0 saturated heterocycles. The fourth-order valence-electron chi connectivity index (χ4n) is 2.69. The van der Waals surface area contributed by atoms with Crippen LogP contribution in [0.1, 0.15) is 24.2 Å². The van der Waals surface area contributed by atoms with Crippen LogP contribution in [-0.4, -0.2) is 31.7 Å². The number of aromatic nitrogens is 4. The van der Waals surface area contributed by atoms with Gasteiger partial charge in [0.15, 0.2) is 5.65 Å². The lowest BCUT2D eigenvalue weighted by Crippen LogP contribution is -2.11. The zero-order valence-corrected chi connectivity index (χ0v) is 14.4. The maximum atomic E-state index is 11.9. The van der Waals surface area contributed by atoms with Crippen LogP contribution in [0.2, 0.25) is 0 Å². The van der Waals surface area contributed by atoms with Crippen molar-refractivity contribution in [2.45, 2.75) is 20.0 Å². The molecule has 0 spiro atoms. The Labute approximate surface area is 149 Å². The van der Waals surface area contributed by atoms with E-state index >= 15 is 0 Å². The molecule has 4 aromatic rings. The normalized spacial score (nSPS) is 11.2. The smallest absolute Gasteiger partial charge is 0.338 e. The third kappa shape index (κ3) is 2.95. The van der Waals surface area contributed by atoms with Crippen LogP contribution in [0.5, 0.6) is 0 Å². The van der Waals surface area contributed by atoms with Gasteiger partial charge in [-0.2, -0.15) is 0 Å². The van der Waals surface area contributed by atoms with Crippen molar-refractivity contribution in [3.63, 3.8) is 0 Å². The summed E-state index contributed by atoms with van der Waals surface area (Å²) in [7, 11) is 0. The fraction of sp³-hybridized carbons (Fsp3) is 0.158. The number of hydrogen-bond donors (Lipinski definition) is 1. The first kappa shape index (κ1) is 16.0. The quantitative estimate of drug-likeness (QED) is 0.568. The first-order chi connectivity index (χ1) is 12.6. The third-order valence-corrected chi connectivity index (χ3v) is 3.87. The van der Waals surface area contributed by atoms with Crippen molar-refractivity contribution in [3.05, 3.63) is 60.4 Å². The monoisotopic (exact) mass is 347 g/mol. The number of fused-ring (bicyclic) bond motifs is 3. The molecule has 26 heavy (non-hydrogen) atoms. The molecule has 2 heterocycles. The molecule has 4 rings (SSSR count). The first-order valence-corrected chi connectivity index (χ1v) is 8.28. The molecule has 130 valence electrons. The number of esters is 1. The minimum atomic E-state index is -0.336.